The Morgan fingerprint density at radius 3 is 2.63 bits per heavy atom. The molecular weight excluding hydrogens is 248 g/mol. The van der Waals surface area contributed by atoms with E-state index in [-0.39, 0.29) is 23.4 Å². The van der Waals surface area contributed by atoms with Crippen molar-refractivity contribution in [3.05, 3.63) is 16.4 Å². The molecule has 1 rings (SSSR count). The van der Waals surface area contributed by atoms with Crippen molar-refractivity contribution in [1.82, 2.24) is 14.9 Å². The number of nitrogen functional groups attached to an aromatic ring is 1. The van der Waals surface area contributed by atoms with E-state index in [0.29, 0.717) is 0 Å². The Hall–Kier alpha value is -1.96. The van der Waals surface area contributed by atoms with Crippen LogP contribution in [0.1, 0.15) is 20.8 Å². The summed E-state index contributed by atoms with van der Waals surface area (Å²) in [5.74, 6) is 0.0368. The van der Waals surface area contributed by atoms with Gasteiger partial charge in [-0.3, -0.25) is 10.1 Å². The zero-order valence-corrected chi connectivity index (χ0v) is 11.5. The van der Waals surface area contributed by atoms with Crippen LogP contribution in [-0.4, -0.2) is 45.5 Å². The number of anilines is 2. The van der Waals surface area contributed by atoms with Gasteiger partial charge in [0.2, 0.25) is 11.6 Å². The van der Waals surface area contributed by atoms with Gasteiger partial charge in [0.15, 0.2) is 0 Å². The van der Waals surface area contributed by atoms with E-state index in [2.05, 4.69) is 34.0 Å². The van der Waals surface area contributed by atoms with Crippen LogP contribution in [0.3, 0.4) is 0 Å². The lowest BCUT2D eigenvalue weighted by Crippen LogP contribution is -2.35. The molecule has 1 unspecified atom stereocenters. The molecule has 8 heteroatoms. The van der Waals surface area contributed by atoms with Crippen LogP contribution in [0, 0.1) is 10.1 Å². The van der Waals surface area contributed by atoms with Gasteiger partial charge in [0.1, 0.15) is 6.33 Å². The fourth-order valence-corrected chi connectivity index (χ4v) is 1.83. The van der Waals surface area contributed by atoms with E-state index in [0.717, 1.165) is 19.6 Å². The molecule has 8 nitrogen and oxygen atoms in total. The zero-order valence-electron chi connectivity index (χ0n) is 11.5. The summed E-state index contributed by atoms with van der Waals surface area (Å²) in [6.45, 7) is 8.71. The normalized spacial score (nSPS) is 12.4. The van der Waals surface area contributed by atoms with Gasteiger partial charge in [-0.05, 0) is 20.0 Å². The summed E-state index contributed by atoms with van der Waals surface area (Å²) in [4.78, 5) is 20.1. The number of likely N-dealkylation sites (N-methyl/N-ethyl adjacent to an activating group) is 1. The molecule has 0 saturated carbocycles. The Bertz CT molecular complexity index is 435. The lowest BCUT2D eigenvalue weighted by molar-refractivity contribution is -0.383. The van der Waals surface area contributed by atoms with Crippen LogP contribution in [0.25, 0.3) is 0 Å². The van der Waals surface area contributed by atoms with E-state index in [9.17, 15) is 10.1 Å². The Labute approximate surface area is 112 Å². The lowest BCUT2D eigenvalue weighted by Gasteiger charge is -2.23. The van der Waals surface area contributed by atoms with Gasteiger partial charge < -0.3 is 16.0 Å². The van der Waals surface area contributed by atoms with Crippen molar-refractivity contribution in [2.24, 2.45) is 0 Å². The third-order valence-electron chi connectivity index (χ3n) is 2.84. The number of nitrogens with two attached hydrogens (primary N) is 1. The standard InChI is InChI=1S/C11H20N6O2/c1-4-16(5-2)6-8(3)15-11-9(17(18)19)10(12)13-7-14-11/h7-8H,4-6H2,1-3H3,(H3,12,13,14,15). The minimum Gasteiger partial charge on any atom is -0.378 e. The Morgan fingerprint density at radius 2 is 2.11 bits per heavy atom. The number of nitro groups is 1. The van der Waals surface area contributed by atoms with Crippen LogP contribution in [0.5, 0.6) is 0 Å². The van der Waals surface area contributed by atoms with Gasteiger partial charge in [-0.15, -0.1) is 0 Å². The SMILES string of the molecule is CCN(CC)CC(C)Nc1ncnc(N)c1[N+](=O)[O-]. The number of nitrogens with one attached hydrogen (secondary N) is 1. The van der Waals surface area contributed by atoms with Gasteiger partial charge in [-0.25, -0.2) is 9.97 Å². The average Bonchev–Trinajstić information content (AvgIpc) is 2.35. The topological polar surface area (TPSA) is 110 Å². The molecule has 1 heterocycles. The van der Waals surface area contributed by atoms with Gasteiger partial charge in [0.05, 0.1) is 4.92 Å². The monoisotopic (exact) mass is 268 g/mol. The van der Waals surface area contributed by atoms with Gasteiger partial charge in [0.25, 0.3) is 0 Å². The summed E-state index contributed by atoms with van der Waals surface area (Å²) >= 11 is 0. The number of nitrogens with zero attached hydrogens (tertiary/aromatic N) is 4. The largest absolute Gasteiger partial charge is 0.378 e. The second-order valence-corrected chi connectivity index (χ2v) is 4.24. The van der Waals surface area contributed by atoms with Crippen LogP contribution in [0.15, 0.2) is 6.33 Å². The molecule has 1 aromatic rings. The molecule has 19 heavy (non-hydrogen) atoms. The van der Waals surface area contributed by atoms with Crippen LogP contribution in [0.4, 0.5) is 17.3 Å². The first-order chi connectivity index (χ1) is 8.99. The molecule has 0 aliphatic heterocycles. The summed E-state index contributed by atoms with van der Waals surface area (Å²) in [5, 5.41) is 14.0. The first-order valence-corrected chi connectivity index (χ1v) is 6.23. The van der Waals surface area contributed by atoms with Crippen molar-refractivity contribution < 1.29 is 4.92 Å². The number of hydrogen-bond acceptors (Lipinski definition) is 7. The van der Waals surface area contributed by atoms with Crippen LogP contribution < -0.4 is 11.1 Å². The van der Waals surface area contributed by atoms with Crippen molar-refractivity contribution in [2.75, 3.05) is 30.7 Å². The molecule has 0 bridgehead atoms. The summed E-state index contributed by atoms with van der Waals surface area (Å²) in [6.07, 6.45) is 1.22. The van der Waals surface area contributed by atoms with E-state index >= 15 is 0 Å². The fourth-order valence-electron chi connectivity index (χ4n) is 1.83. The molecule has 0 fully saturated rings. The average molecular weight is 268 g/mol. The van der Waals surface area contributed by atoms with E-state index in [1.807, 2.05) is 6.92 Å². The maximum absolute atomic E-state index is 11.0. The number of aromatic nitrogens is 2. The van der Waals surface area contributed by atoms with Crippen LogP contribution in [0.2, 0.25) is 0 Å². The summed E-state index contributed by atoms with van der Waals surface area (Å²) in [7, 11) is 0. The van der Waals surface area contributed by atoms with Crippen molar-refractivity contribution >= 4 is 17.3 Å². The highest BCUT2D eigenvalue weighted by molar-refractivity contribution is 5.67. The highest BCUT2D eigenvalue weighted by atomic mass is 16.6. The predicted octanol–water partition coefficient (Wildman–Crippen LogP) is 1.11. The molecule has 3 N–H and O–H groups in total. The molecule has 0 aromatic carbocycles. The van der Waals surface area contributed by atoms with Crippen molar-refractivity contribution in [2.45, 2.75) is 26.8 Å². The van der Waals surface area contributed by atoms with Crippen molar-refractivity contribution in [3.63, 3.8) is 0 Å². The second-order valence-electron chi connectivity index (χ2n) is 4.24. The maximum atomic E-state index is 11.0. The number of hydrogen-bond donors (Lipinski definition) is 2. The molecule has 0 aliphatic carbocycles. The van der Waals surface area contributed by atoms with Gasteiger partial charge >= 0.3 is 5.69 Å². The third kappa shape index (κ3) is 4.02. The van der Waals surface area contributed by atoms with E-state index in [1.165, 1.54) is 6.33 Å². The highest BCUT2D eigenvalue weighted by Crippen LogP contribution is 2.26. The highest BCUT2D eigenvalue weighted by Gasteiger charge is 2.22. The molecule has 0 saturated heterocycles. The zero-order chi connectivity index (χ0) is 14.4. The van der Waals surface area contributed by atoms with Crippen molar-refractivity contribution in [3.8, 4) is 0 Å². The molecule has 0 amide bonds. The van der Waals surface area contributed by atoms with Crippen LogP contribution in [-0.2, 0) is 0 Å². The smallest absolute Gasteiger partial charge is 0.352 e. The number of rotatable bonds is 7. The Morgan fingerprint density at radius 1 is 1.47 bits per heavy atom. The molecule has 1 aromatic heterocycles. The fraction of sp³-hybridized carbons (Fsp3) is 0.636. The molecule has 0 aliphatic rings. The Balaban J connectivity index is 2.82. The second kappa shape index (κ2) is 6.83. The van der Waals surface area contributed by atoms with Crippen LogP contribution >= 0.6 is 0 Å². The maximum Gasteiger partial charge on any atom is 0.352 e. The first-order valence-electron chi connectivity index (χ1n) is 6.23. The van der Waals surface area contributed by atoms with Gasteiger partial charge in [0, 0.05) is 12.6 Å². The molecule has 106 valence electrons. The molecule has 0 radical (unpaired) electrons. The van der Waals surface area contributed by atoms with Gasteiger partial charge in [-0.2, -0.15) is 0 Å². The molecule has 0 spiro atoms. The first kappa shape index (κ1) is 15.1. The third-order valence-corrected chi connectivity index (χ3v) is 2.84. The van der Waals surface area contributed by atoms with E-state index in [1.54, 1.807) is 0 Å². The van der Waals surface area contributed by atoms with E-state index in [4.69, 9.17) is 5.73 Å². The minimum absolute atomic E-state index is 0.0212. The molecule has 1 atom stereocenters. The lowest BCUT2D eigenvalue weighted by atomic mass is 10.3. The Kier molecular flexibility index (Phi) is 5.43. The molecular formula is C11H20N6O2. The predicted molar refractivity (Wildman–Crippen MR) is 74.0 cm³/mol. The summed E-state index contributed by atoms with van der Waals surface area (Å²) < 4.78 is 0. The quantitative estimate of drug-likeness (QED) is 0.563. The summed E-state index contributed by atoms with van der Waals surface area (Å²) in [6, 6.07) is 0.0212. The minimum atomic E-state index is -0.568. The summed E-state index contributed by atoms with van der Waals surface area (Å²) in [5.41, 5.74) is 5.24. The van der Waals surface area contributed by atoms with Gasteiger partial charge in [-0.1, -0.05) is 13.8 Å². The van der Waals surface area contributed by atoms with Crippen molar-refractivity contribution in [1.29, 1.82) is 0 Å². The van der Waals surface area contributed by atoms with E-state index < -0.39 is 4.92 Å².